The smallest absolute Gasteiger partial charge is 0.103 e. The van der Waals surface area contributed by atoms with Gasteiger partial charge in [-0.1, -0.05) is 66.7 Å². The van der Waals surface area contributed by atoms with Gasteiger partial charge in [0.1, 0.15) is 24.3 Å². The van der Waals surface area contributed by atoms with Crippen LogP contribution in [0.15, 0.2) is 78.9 Å². The van der Waals surface area contributed by atoms with Crippen LogP contribution >= 0.6 is 0 Å². The molecule has 37 heavy (non-hydrogen) atoms. The molecule has 0 radical (unpaired) electrons. The number of aromatic nitrogens is 1. The molecule has 2 aromatic heterocycles. The van der Waals surface area contributed by atoms with Crippen LogP contribution in [-0.4, -0.2) is 4.40 Å². The number of pyridine rings is 1. The fourth-order valence-electron chi connectivity index (χ4n) is 5.89. The van der Waals surface area contributed by atoms with Gasteiger partial charge in [-0.2, -0.15) is 21.0 Å². The lowest BCUT2D eigenvalue weighted by atomic mass is 9.86. The summed E-state index contributed by atoms with van der Waals surface area (Å²) in [6, 6.07) is 34.6. The van der Waals surface area contributed by atoms with Crippen molar-refractivity contribution in [3.63, 3.8) is 0 Å². The lowest BCUT2D eigenvalue weighted by Crippen LogP contribution is -2.03. The zero-order valence-corrected chi connectivity index (χ0v) is 19.2. The Bertz CT molecular complexity index is 2350. The minimum absolute atomic E-state index is 0.0663. The molecular formula is C32H13N5. The van der Waals surface area contributed by atoms with Crippen LogP contribution in [-0.2, 0) is 0 Å². The van der Waals surface area contributed by atoms with E-state index in [1.165, 1.54) is 0 Å². The summed E-state index contributed by atoms with van der Waals surface area (Å²) in [5.41, 5.74) is 2.27. The van der Waals surface area contributed by atoms with E-state index >= 15 is 0 Å². The van der Waals surface area contributed by atoms with Crippen molar-refractivity contribution in [1.82, 2.24) is 4.40 Å². The Morgan fingerprint density at radius 2 is 0.973 bits per heavy atom. The van der Waals surface area contributed by atoms with Crippen LogP contribution in [0.1, 0.15) is 22.3 Å². The van der Waals surface area contributed by atoms with Gasteiger partial charge < -0.3 is 4.40 Å². The van der Waals surface area contributed by atoms with Crippen LogP contribution < -0.4 is 0 Å². The standard InChI is InChI=1S/C32H13N5/c33-14-23-24(15-34)26(17-36)32-31(25(23)16-35)30-22-11-5-3-9-20(22)19-8-2-4-10-21(19)29(30)28-13-18-7-1-6-12-27(18)37(28)32/h1-13H. The van der Waals surface area contributed by atoms with E-state index in [1.807, 2.05) is 71.1 Å². The number of para-hydroxylation sites is 1. The second-order valence-electron chi connectivity index (χ2n) is 8.94. The average molecular weight is 467 g/mol. The van der Waals surface area contributed by atoms with Gasteiger partial charge in [0.15, 0.2) is 0 Å². The van der Waals surface area contributed by atoms with Crippen LogP contribution in [0.5, 0.6) is 0 Å². The molecular weight excluding hydrogens is 454 g/mol. The van der Waals surface area contributed by atoms with Gasteiger partial charge in [0, 0.05) is 21.5 Å². The maximum absolute atomic E-state index is 10.4. The summed E-state index contributed by atoms with van der Waals surface area (Å²) in [4.78, 5) is 0. The summed E-state index contributed by atoms with van der Waals surface area (Å²) < 4.78 is 1.98. The van der Waals surface area contributed by atoms with Gasteiger partial charge in [-0.25, -0.2) is 0 Å². The van der Waals surface area contributed by atoms with Crippen molar-refractivity contribution in [3.05, 3.63) is 101 Å². The maximum atomic E-state index is 10.4. The van der Waals surface area contributed by atoms with Crippen LogP contribution in [0.4, 0.5) is 0 Å². The molecule has 0 N–H and O–H groups in total. The molecule has 0 aliphatic rings. The predicted octanol–water partition coefficient (Wildman–Crippen LogP) is 7.19. The minimum Gasteiger partial charge on any atom is -0.307 e. The van der Waals surface area contributed by atoms with Crippen LogP contribution in [0.25, 0.3) is 59.6 Å². The molecule has 7 rings (SSSR count). The Morgan fingerprint density at radius 3 is 1.59 bits per heavy atom. The Labute approximate surface area is 210 Å². The quantitative estimate of drug-likeness (QED) is 0.220. The summed E-state index contributed by atoms with van der Waals surface area (Å²) in [5.74, 6) is 0. The Morgan fingerprint density at radius 1 is 0.459 bits per heavy atom. The van der Waals surface area contributed by atoms with Crippen LogP contribution in [0.2, 0.25) is 0 Å². The summed E-state index contributed by atoms with van der Waals surface area (Å²) >= 11 is 0. The molecule has 0 saturated carbocycles. The minimum atomic E-state index is -0.0717. The highest BCUT2D eigenvalue weighted by Gasteiger charge is 2.27. The topological polar surface area (TPSA) is 99.6 Å². The largest absolute Gasteiger partial charge is 0.307 e. The molecule has 0 spiro atoms. The zero-order chi connectivity index (χ0) is 25.3. The summed E-state index contributed by atoms with van der Waals surface area (Å²) in [5, 5.41) is 48.1. The highest BCUT2D eigenvalue weighted by atomic mass is 14.9. The molecule has 5 nitrogen and oxygen atoms in total. The molecule has 5 aromatic carbocycles. The van der Waals surface area contributed by atoms with E-state index in [4.69, 9.17) is 0 Å². The van der Waals surface area contributed by atoms with E-state index in [0.717, 1.165) is 48.7 Å². The Balaban J connectivity index is 2.05. The molecule has 166 valence electrons. The van der Waals surface area contributed by atoms with Crippen molar-refractivity contribution in [2.24, 2.45) is 0 Å². The maximum Gasteiger partial charge on any atom is 0.103 e. The molecule has 0 amide bonds. The van der Waals surface area contributed by atoms with E-state index in [2.05, 4.69) is 36.4 Å². The monoisotopic (exact) mass is 467 g/mol. The molecule has 0 unspecified atom stereocenters. The van der Waals surface area contributed by atoms with Crippen LogP contribution in [0, 0.1) is 45.3 Å². The van der Waals surface area contributed by atoms with Crippen molar-refractivity contribution in [2.75, 3.05) is 0 Å². The van der Waals surface area contributed by atoms with Gasteiger partial charge in [-0.05, 0) is 33.7 Å². The third-order valence-electron chi connectivity index (χ3n) is 7.29. The summed E-state index contributed by atoms with van der Waals surface area (Å²) in [6.07, 6.45) is 0. The van der Waals surface area contributed by atoms with Gasteiger partial charge in [0.2, 0.25) is 0 Å². The van der Waals surface area contributed by atoms with Crippen molar-refractivity contribution in [3.8, 4) is 24.3 Å². The van der Waals surface area contributed by atoms with Crippen LogP contribution in [0.3, 0.4) is 0 Å². The third kappa shape index (κ3) is 2.42. The van der Waals surface area contributed by atoms with E-state index in [9.17, 15) is 21.0 Å². The Hall–Kier alpha value is -5.88. The lowest BCUT2D eigenvalue weighted by molar-refractivity contribution is 1.31. The molecule has 7 aromatic rings. The van der Waals surface area contributed by atoms with Gasteiger partial charge in [0.05, 0.1) is 38.8 Å². The number of nitriles is 4. The van der Waals surface area contributed by atoms with E-state index < -0.39 is 0 Å². The number of hydrogen-bond acceptors (Lipinski definition) is 4. The number of nitrogens with zero attached hydrogens (tertiary/aromatic N) is 5. The van der Waals surface area contributed by atoms with Gasteiger partial charge >= 0.3 is 0 Å². The first-order chi connectivity index (χ1) is 18.2. The average Bonchev–Trinajstić information content (AvgIpc) is 3.34. The Kier molecular flexibility index (Phi) is 4.05. The van der Waals surface area contributed by atoms with Crippen molar-refractivity contribution in [1.29, 1.82) is 21.0 Å². The third-order valence-corrected chi connectivity index (χ3v) is 7.29. The number of rotatable bonds is 0. The second-order valence-corrected chi connectivity index (χ2v) is 8.94. The first kappa shape index (κ1) is 20.5. The molecule has 5 heteroatoms. The van der Waals surface area contributed by atoms with Gasteiger partial charge in [0.25, 0.3) is 0 Å². The zero-order valence-electron chi connectivity index (χ0n) is 19.2. The molecule has 0 bridgehead atoms. The lowest BCUT2D eigenvalue weighted by Gasteiger charge is -2.18. The molecule has 0 fully saturated rings. The first-order valence-electron chi connectivity index (χ1n) is 11.6. The van der Waals surface area contributed by atoms with E-state index in [0.29, 0.717) is 10.9 Å². The normalized spacial score (nSPS) is 11.1. The van der Waals surface area contributed by atoms with E-state index in [-0.39, 0.29) is 22.3 Å². The number of benzene rings is 5. The fraction of sp³-hybridized carbons (Fsp3) is 0. The molecule has 0 saturated heterocycles. The SMILES string of the molecule is N#Cc1c(C#N)c(C#N)c2c(c1C#N)c1c3ccccc3c3ccccc3c1c1cc3ccccc3n12. The molecule has 2 heterocycles. The van der Waals surface area contributed by atoms with Gasteiger partial charge in [-0.3, -0.25) is 0 Å². The summed E-state index contributed by atoms with van der Waals surface area (Å²) in [6.45, 7) is 0. The highest BCUT2D eigenvalue weighted by Crippen LogP contribution is 2.45. The predicted molar refractivity (Wildman–Crippen MR) is 144 cm³/mol. The molecule has 0 atom stereocenters. The number of hydrogen-bond donors (Lipinski definition) is 0. The molecule has 0 aliphatic heterocycles. The van der Waals surface area contributed by atoms with E-state index in [1.54, 1.807) is 0 Å². The second kappa shape index (κ2) is 7.31. The fourth-order valence-corrected chi connectivity index (χ4v) is 5.89. The van der Waals surface area contributed by atoms with Crippen molar-refractivity contribution >= 4 is 59.6 Å². The number of fused-ring (bicyclic) bond motifs is 13. The first-order valence-corrected chi connectivity index (χ1v) is 11.6. The highest BCUT2D eigenvalue weighted by molar-refractivity contribution is 6.36. The van der Waals surface area contributed by atoms with Crippen molar-refractivity contribution in [2.45, 2.75) is 0 Å². The molecule has 0 aliphatic carbocycles. The summed E-state index contributed by atoms with van der Waals surface area (Å²) in [7, 11) is 0. The van der Waals surface area contributed by atoms with Crippen molar-refractivity contribution < 1.29 is 0 Å². The van der Waals surface area contributed by atoms with Gasteiger partial charge in [-0.15, -0.1) is 0 Å².